The highest BCUT2D eigenvalue weighted by molar-refractivity contribution is 6.46. The van der Waals surface area contributed by atoms with Crippen LogP contribution in [0.15, 0.2) is 96.8 Å². The smallest absolute Gasteiger partial charge is 0.295 e. The molecule has 0 saturated carbocycles. The molecular formula is C33H30N2O6. The van der Waals surface area contributed by atoms with Crippen LogP contribution < -0.4 is 14.2 Å². The zero-order valence-electron chi connectivity index (χ0n) is 23.0. The lowest BCUT2D eigenvalue weighted by atomic mass is 9.94. The first-order valence-corrected chi connectivity index (χ1v) is 13.1. The van der Waals surface area contributed by atoms with Crippen molar-refractivity contribution in [3.8, 4) is 17.2 Å². The Morgan fingerprint density at radius 1 is 0.878 bits per heavy atom. The zero-order valence-corrected chi connectivity index (χ0v) is 23.0. The first-order chi connectivity index (χ1) is 19.9. The van der Waals surface area contributed by atoms with E-state index in [0.717, 1.165) is 16.7 Å². The molecule has 1 amide bonds. The van der Waals surface area contributed by atoms with E-state index in [1.54, 1.807) is 67.0 Å². The van der Waals surface area contributed by atoms with Gasteiger partial charge in [0.15, 0.2) is 11.5 Å². The van der Waals surface area contributed by atoms with Crippen LogP contribution in [0.25, 0.3) is 5.76 Å². The first kappa shape index (κ1) is 27.5. The molecule has 2 heterocycles. The number of hydrogen-bond donors (Lipinski definition) is 1. The Kier molecular flexibility index (Phi) is 8.01. The Hall–Kier alpha value is -5.11. The number of aliphatic hydroxyl groups excluding tert-OH is 1. The highest BCUT2D eigenvalue weighted by atomic mass is 16.5. The second kappa shape index (κ2) is 12.0. The second-order valence-electron chi connectivity index (χ2n) is 9.70. The number of pyridine rings is 1. The molecule has 208 valence electrons. The molecule has 1 N–H and O–H groups in total. The predicted molar refractivity (Wildman–Crippen MR) is 154 cm³/mol. The standard InChI is InChI=1S/C33H30N2O6/c1-21-5-4-6-23(17-21)20-41-26-10-7-24(8-11-26)31(36)29-30(25-9-12-27(39-2)28(18-25)40-3)35(33(38)32(29)37)19-22-13-15-34-16-14-22/h4-18,30,36H,19-20H2,1-3H3/t30-/m0/s1. The average molecular weight is 551 g/mol. The Labute approximate surface area is 238 Å². The maximum absolute atomic E-state index is 13.4. The topological polar surface area (TPSA) is 98.2 Å². The number of methoxy groups -OCH3 is 2. The molecule has 0 radical (unpaired) electrons. The van der Waals surface area contributed by atoms with Crippen LogP contribution in [-0.4, -0.2) is 40.9 Å². The summed E-state index contributed by atoms with van der Waals surface area (Å²) in [6.07, 6.45) is 3.25. The van der Waals surface area contributed by atoms with E-state index in [1.807, 2.05) is 25.1 Å². The molecule has 3 aromatic carbocycles. The van der Waals surface area contributed by atoms with Crippen LogP contribution in [-0.2, 0) is 22.7 Å². The van der Waals surface area contributed by atoms with E-state index < -0.39 is 17.7 Å². The normalized spacial score (nSPS) is 16.1. The molecular weight excluding hydrogens is 520 g/mol. The number of aliphatic hydroxyl groups is 1. The maximum atomic E-state index is 13.4. The Bertz CT molecular complexity index is 1600. The summed E-state index contributed by atoms with van der Waals surface area (Å²) in [6, 6.07) is 22.7. The van der Waals surface area contributed by atoms with Crippen LogP contribution in [0.2, 0.25) is 0 Å². The lowest BCUT2D eigenvalue weighted by molar-refractivity contribution is -0.140. The van der Waals surface area contributed by atoms with Gasteiger partial charge in [-0.05, 0) is 72.1 Å². The highest BCUT2D eigenvalue weighted by Gasteiger charge is 2.46. The fourth-order valence-corrected chi connectivity index (χ4v) is 4.93. The van der Waals surface area contributed by atoms with Crippen molar-refractivity contribution < 1.29 is 28.9 Å². The molecule has 4 aromatic rings. The van der Waals surface area contributed by atoms with Gasteiger partial charge in [0, 0.05) is 24.5 Å². The number of nitrogens with zero attached hydrogens (tertiary/aromatic N) is 2. The Morgan fingerprint density at radius 3 is 2.29 bits per heavy atom. The van der Waals surface area contributed by atoms with E-state index in [9.17, 15) is 14.7 Å². The van der Waals surface area contributed by atoms with Gasteiger partial charge in [-0.2, -0.15) is 0 Å². The number of ketones is 1. The van der Waals surface area contributed by atoms with E-state index in [4.69, 9.17) is 14.2 Å². The van der Waals surface area contributed by atoms with Gasteiger partial charge in [-0.15, -0.1) is 0 Å². The number of likely N-dealkylation sites (tertiary alicyclic amines) is 1. The summed E-state index contributed by atoms with van der Waals surface area (Å²) in [4.78, 5) is 32.3. The van der Waals surface area contributed by atoms with Crippen molar-refractivity contribution in [2.24, 2.45) is 0 Å². The number of aromatic nitrogens is 1. The van der Waals surface area contributed by atoms with Crippen molar-refractivity contribution in [1.82, 2.24) is 9.88 Å². The minimum Gasteiger partial charge on any atom is -0.507 e. The van der Waals surface area contributed by atoms with Crippen LogP contribution in [0.1, 0.15) is 33.9 Å². The number of aryl methyl sites for hydroxylation is 1. The molecule has 41 heavy (non-hydrogen) atoms. The largest absolute Gasteiger partial charge is 0.507 e. The second-order valence-corrected chi connectivity index (χ2v) is 9.70. The summed E-state index contributed by atoms with van der Waals surface area (Å²) in [6.45, 7) is 2.57. The van der Waals surface area contributed by atoms with Gasteiger partial charge in [0.1, 0.15) is 18.1 Å². The summed E-state index contributed by atoms with van der Waals surface area (Å²) in [5, 5.41) is 11.5. The molecule has 0 unspecified atom stereocenters. The van der Waals surface area contributed by atoms with Crippen molar-refractivity contribution in [2.45, 2.75) is 26.1 Å². The van der Waals surface area contributed by atoms with Crippen molar-refractivity contribution in [3.05, 3.63) is 125 Å². The minimum atomic E-state index is -0.861. The third kappa shape index (κ3) is 5.77. The van der Waals surface area contributed by atoms with Gasteiger partial charge in [-0.1, -0.05) is 35.9 Å². The number of amides is 1. The van der Waals surface area contributed by atoms with Crippen molar-refractivity contribution >= 4 is 17.4 Å². The molecule has 0 aliphatic carbocycles. The molecule has 0 bridgehead atoms. The molecule has 8 heteroatoms. The third-order valence-electron chi connectivity index (χ3n) is 6.98. The number of ether oxygens (including phenoxy) is 3. The SMILES string of the molecule is COc1ccc([C@H]2C(=C(O)c3ccc(OCc4cccc(C)c4)cc3)C(=O)C(=O)N2Cc2ccncc2)cc1OC. The van der Waals surface area contributed by atoms with Gasteiger partial charge in [-0.25, -0.2) is 0 Å². The quantitative estimate of drug-likeness (QED) is 0.164. The molecule has 1 fully saturated rings. The number of carbonyl (C=O) groups is 2. The van der Waals surface area contributed by atoms with E-state index in [2.05, 4.69) is 11.1 Å². The summed E-state index contributed by atoms with van der Waals surface area (Å²) >= 11 is 0. The molecule has 1 aliphatic rings. The van der Waals surface area contributed by atoms with Gasteiger partial charge >= 0.3 is 0 Å². The number of carbonyl (C=O) groups excluding carboxylic acids is 2. The van der Waals surface area contributed by atoms with Crippen LogP contribution in [0.3, 0.4) is 0 Å². The summed E-state index contributed by atoms with van der Waals surface area (Å²) in [5.41, 5.74) is 3.96. The van der Waals surface area contributed by atoms with E-state index in [1.165, 1.54) is 19.1 Å². The molecule has 8 nitrogen and oxygen atoms in total. The monoisotopic (exact) mass is 550 g/mol. The van der Waals surface area contributed by atoms with Gasteiger partial charge in [0.2, 0.25) is 0 Å². The highest BCUT2D eigenvalue weighted by Crippen LogP contribution is 2.42. The maximum Gasteiger partial charge on any atom is 0.295 e. The minimum absolute atomic E-state index is 0.00953. The summed E-state index contributed by atoms with van der Waals surface area (Å²) in [7, 11) is 3.04. The Balaban J connectivity index is 1.51. The average Bonchev–Trinajstić information content (AvgIpc) is 3.25. The van der Waals surface area contributed by atoms with Crippen molar-refractivity contribution in [1.29, 1.82) is 0 Å². The molecule has 5 rings (SSSR count). The van der Waals surface area contributed by atoms with Gasteiger partial charge in [-0.3, -0.25) is 14.6 Å². The van der Waals surface area contributed by atoms with Crippen LogP contribution in [0.4, 0.5) is 0 Å². The molecule has 0 spiro atoms. The van der Waals surface area contributed by atoms with Gasteiger partial charge < -0.3 is 24.2 Å². The van der Waals surface area contributed by atoms with Crippen LogP contribution >= 0.6 is 0 Å². The third-order valence-corrected chi connectivity index (χ3v) is 6.98. The van der Waals surface area contributed by atoms with Crippen LogP contribution in [0.5, 0.6) is 17.2 Å². The van der Waals surface area contributed by atoms with E-state index in [0.29, 0.717) is 35.0 Å². The lowest BCUT2D eigenvalue weighted by Gasteiger charge is -2.26. The molecule has 1 atom stereocenters. The number of Topliss-reactive ketones (excluding diaryl/α,β-unsaturated/α-hetero) is 1. The summed E-state index contributed by atoms with van der Waals surface area (Å²) in [5.74, 6) is -0.196. The van der Waals surface area contributed by atoms with E-state index >= 15 is 0 Å². The fraction of sp³-hybridized carbons (Fsp3) is 0.182. The van der Waals surface area contributed by atoms with Crippen LogP contribution in [0, 0.1) is 6.92 Å². The lowest BCUT2D eigenvalue weighted by Crippen LogP contribution is -2.29. The number of rotatable bonds is 9. The zero-order chi connectivity index (χ0) is 28.9. The van der Waals surface area contributed by atoms with E-state index in [-0.39, 0.29) is 17.9 Å². The van der Waals surface area contributed by atoms with Crippen molar-refractivity contribution in [3.63, 3.8) is 0 Å². The molecule has 1 saturated heterocycles. The molecule has 1 aliphatic heterocycles. The Morgan fingerprint density at radius 2 is 1.61 bits per heavy atom. The first-order valence-electron chi connectivity index (χ1n) is 13.1. The van der Waals surface area contributed by atoms with Crippen molar-refractivity contribution in [2.75, 3.05) is 14.2 Å². The van der Waals surface area contributed by atoms with Gasteiger partial charge in [0.05, 0.1) is 25.8 Å². The number of benzene rings is 3. The van der Waals surface area contributed by atoms with Gasteiger partial charge in [0.25, 0.3) is 11.7 Å². The number of hydrogen-bond acceptors (Lipinski definition) is 7. The molecule has 1 aromatic heterocycles. The predicted octanol–water partition coefficient (Wildman–Crippen LogP) is 5.61. The summed E-state index contributed by atoms with van der Waals surface area (Å²) < 4.78 is 16.8. The fourth-order valence-electron chi connectivity index (χ4n) is 4.93.